The van der Waals surface area contributed by atoms with Crippen LogP contribution in [0.15, 0.2) is 36.9 Å². The summed E-state index contributed by atoms with van der Waals surface area (Å²) in [5, 5.41) is 9.08. The molecule has 1 unspecified atom stereocenters. The van der Waals surface area contributed by atoms with Gasteiger partial charge >= 0.3 is 5.97 Å². The van der Waals surface area contributed by atoms with Crippen LogP contribution in [0.25, 0.3) is 5.57 Å². The number of ether oxygens (including phenoxy) is 1. The first-order chi connectivity index (χ1) is 7.69. The highest BCUT2D eigenvalue weighted by molar-refractivity contribution is 5.76. The molecule has 0 saturated heterocycles. The Morgan fingerprint density at radius 3 is 2.56 bits per heavy atom. The topological polar surface area (TPSA) is 46.5 Å². The standard InChI is InChI=1S/C13H16O3/c1-10(11-6-4-3-5-7-11)8-12(9-14)13(15)16-2/h3-7,12,14H,1,8-9H2,2H3. The molecule has 0 amide bonds. The maximum absolute atomic E-state index is 11.3. The number of esters is 1. The Labute approximate surface area is 95.4 Å². The fourth-order valence-electron chi connectivity index (χ4n) is 1.48. The predicted molar refractivity (Wildman–Crippen MR) is 62.7 cm³/mol. The molecule has 0 aromatic heterocycles. The SMILES string of the molecule is C=C(CC(CO)C(=O)OC)c1ccccc1. The zero-order chi connectivity index (χ0) is 12.0. The number of allylic oxidation sites excluding steroid dienone is 1. The summed E-state index contributed by atoms with van der Waals surface area (Å²) in [5.74, 6) is -0.933. The van der Waals surface area contributed by atoms with Crippen molar-refractivity contribution in [3.05, 3.63) is 42.5 Å². The van der Waals surface area contributed by atoms with Crippen molar-refractivity contribution >= 4 is 11.5 Å². The lowest BCUT2D eigenvalue weighted by Crippen LogP contribution is -2.20. The summed E-state index contributed by atoms with van der Waals surface area (Å²) in [6.45, 7) is 3.69. The van der Waals surface area contributed by atoms with Crippen LogP contribution in [0.5, 0.6) is 0 Å². The minimum atomic E-state index is -0.530. The monoisotopic (exact) mass is 220 g/mol. The van der Waals surface area contributed by atoms with E-state index < -0.39 is 11.9 Å². The summed E-state index contributed by atoms with van der Waals surface area (Å²) in [4.78, 5) is 11.3. The smallest absolute Gasteiger partial charge is 0.311 e. The van der Waals surface area contributed by atoms with Crippen molar-refractivity contribution in [1.29, 1.82) is 0 Å². The van der Waals surface area contributed by atoms with E-state index in [1.165, 1.54) is 7.11 Å². The van der Waals surface area contributed by atoms with Gasteiger partial charge in [-0.05, 0) is 17.6 Å². The second-order valence-corrected chi connectivity index (χ2v) is 3.58. The van der Waals surface area contributed by atoms with Gasteiger partial charge in [-0.2, -0.15) is 0 Å². The number of rotatable bonds is 5. The molecule has 3 nitrogen and oxygen atoms in total. The second-order valence-electron chi connectivity index (χ2n) is 3.58. The van der Waals surface area contributed by atoms with Crippen molar-refractivity contribution in [1.82, 2.24) is 0 Å². The molecule has 1 rings (SSSR count). The third-order valence-electron chi connectivity index (χ3n) is 2.43. The number of methoxy groups -OCH3 is 1. The number of hydrogen-bond acceptors (Lipinski definition) is 3. The van der Waals surface area contributed by atoms with Crippen LogP contribution in [0, 0.1) is 5.92 Å². The molecule has 16 heavy (non-hydrogen) atoms. The van der Waals surface area contributed by atoms with Crippen molar-refractivity contribution in [2.75, 3.05) is 13.7 Å². The molecule has 0 spiro atoms. The second kappa shape index (κ2) is 6.08. The van der Waals surface area contributed by atoms with Gasteiger partial charge in [0.1, 0.15) is 0 Å². The summed E-state index contributed by atoms with van der Waals surface area (Å²) in [5.41, 5.74) is 1.80. The highest BCUT2D eigenvalue weighted by Gasteiger charge is 2.19. The Bertz CT molecular complexity index is 357. The normalized spacial score (nSPS) is 11.9. The van der Waals surface area contributed by atoms with E-state index in [-0.39, 0.29) is 6.61 Å². The molecule has 1 aromatic carbocycles. The highest BCUT2D eigenvalue weighted by Crippen LogP contribution is 2.21. The Kier molecular flexibility index (Phi) is 4.73. The van der Waals surface area contributed by atoms with Gasteiger partial charge in [0.05, 0.1) is 19.6 Å². The number of hydrogen-bond donors (Lipinski definition) is 1. The zero-order valence-corrected chi connectivity index (χ0v) is 9.35. The zero-order valence-electron chi connectivity index (χ0n) is 9.35. The molecular formula is C13H16O3. The minimum Gasteiger partial charge on any atom is -0.469 e. The lowest BCUT2D eigenvalue weighted by atomic mass is 9.96. The fraction of sp³-hybridized carbons (Fsp3) is 0.308. The van der Waals surface area contributed by atoms with Crippen molar-refractivity contribution in [2.24, 2.45) is 5.92 Å². The van der Waals surface area contributed by atoms with E-state index in [0.29, 0.717) is 6.42 Å². The first-order valence-corrected chi connectivity index (χ1v) is 5.11. The highest BCUT2D eigenvalue weighted by atomic mass is 16.5. The molecule has 0 saturated carbocycles. The van der Waals surface area contributed by atoms with Crippen LogP contribution >= 0.6 is 0 Å². The average molecular weight is 220 g/mol. The van der Waals surface area contributed by atoms with Crippen molar-refractivity contribution in [2.45, 2.75) is 6.42 Å². The Hall–Kier alpha value is -1.61. The van der Waals surface area contributed by atoms with Gasteiger partial charge in [-0.25, -0.2) is 0 Å². The molecule has 0 aliphatic heterocycles. The van der Waals surface area contributed by atoms with Crippen LogP contribution in [0.1, 0.15) is 12.0 Å². The van der Waals surface area contributed by atoms with Crippen LogP contribution in [0.4, 0.5) is 0 Å². The van der Waals surface area contributed by atoms with Crippen LogP contribution < -0.4 is 0 Å². The van der Waals surface area contributed by atoms with Gasteiger partial charge in [-0.1, -0.05) is 36.9 Å². The summed E-state index contributed by atoms with van der Waals surface area (Å²) in [6, 6.07) is 9.59. The Morgan fingerprint density at radius 2 is 2.06 bits per heavy atom. The molecule has 86 valence electrons. The molecule has 0 aliphatic carbocycles. The third-order valence-corrected chi connectivity index (χ3v) is 2.43. The van der Waals surface area contributed by atoms with E-state index in [4.69, 9.17) is 5.11 Å². The molecule has 1 atom stereocenters. The van der Waals surface area contributed by atoms with E-state index in [1.54, 1.807) is 0 Å². The minimum absolute atomic E-state index is 0.224. The van der Waals surface area contributed by atoms with Gasteiger partial charge in [0.2, 0.25) is 0 Å². The Morgan fingerprint density at radius 1 is 1.44 bits per heavy atom. The fourth-order valence-corrected chi connectivity index (χ4v) is 1.48. The first-order valence-electron chi connectivity index (χ1n) is 5.11. The van der Waals surface area contributed by atoms with E-state index in [1.807, 2.05) is 30.3 Å². The van der Waals surface area contributed by atoms with Gasteiger partial charge in [-0.15, -0.1) is 0 Å². The third kappa shape index (κ3) is 3.21. The van der Waals surface area contributed by atoms with E-state index in [2.05, 4.69) is 11.3 Å². The Balaban J connectivity index is 2.66. The summed E-state index contributed by atoms with van der Waals surface area (Å²) < 4.78 is 4.60. The van der Waals surface area contributed by atoms with Crippen LogP contribution in [-0.2, 0) is 9.53 Å². The quantitative estimate of drug-likeness (QED) is 0.770. The van der Waals surface area contributed by atoms with Gasteiger partial charge < -0.3 is 9.84 Å². The predicted octanol–water partition coefficient (Wildman–Crippen LogP) is 1.87. The average Bonchev–Trinajstić information content (AvgIpc) is 2.35. The number of aliphatic hydroxyl groups excluding tert-OH is 1. The maximum atomic E-state index is 11.3. The number of carbonyl (C=O) groups is 1. The summed E-state index contributed by atoms with van der Waals surface area (Å²) >= 11 is 0. The van der Waals surface area contributed by atoms with Crippen LogP contribution in [0.3, 0.4) is 0 Å². The van der Waals surface area contributed by atoms with Gasteiger partial charge in [0.15, 0.2) is 0 Å². The largest absolute Gasteiger partial charge is 0.469 e. The van der Waals surface area contributed by atoms with Gasteiger partial charge in [0.25, 0.3) is 0 Å². The summed E-state index contributed by atoms with van der Waals surface area (Å²) in [7, 11) is 1.32. The van der Waals surface area contributed by atoms with Crippen LogP contribution in [-0.4, -0.2) is 24.8 Å². The lowest BCUT2D eigenvalue weighted by molar-refractivity contribution is -0.146. The van der Waals surface area contributed by atoms with E-state index >= 15 is 0 Å². The van der Waals surface area contributed by atoms with Gasteiger partial charge in [-0.3, -0.25) is 4.79 Å². The van der Waals surface area contributed by atoms with E-state index in [9.17, 15) is 4.79 Å². The van der Waals surface area contributed by atoms with Crippen molar-refractivity contribution < 1.29 is 14.6 Å². The first kappa shape index (κ1) is 12.5. The molecule has 0 bridgehead atoms. The molecule has 0 heterocycles. The number of aliphatic hydroxyl groups is 1. The van der Waals surface area contributed by atoms with Crippen molar-refractivity contribution in [3.63, 3.8) is 0 Å². The molecule has 0 aliphatic rings. The van der Waals surface area contributed by atoms with Crippen LogP contribution in [0.2, 0.25) is 0 Å². The molecule has 1 N–H and O–H groups in total. The van der Waals surface area contributed by atoms with Crippen molar-refractivity contribution in [3.8, 4) is 0 Å². The molecular weight excluding hydrogens is 204 g/mol. The molecule has 1 aromatic rings. The van der Waals surface area contributed by atoms with E-state index in [0.717, 1.165) is 11.1 Å². The number of benzene rings is 1. The van der Waals surface area contributed by atoms with Gasteiger partial charge in [0, 0.05) is 0 Å². The number of carbonyl (C=O) groups excluding carboxylic acids is 1. The maximum Gasteiger partial charge on any atom is 0.311 e. The molecule has 3 heteroatoms. The molecule has 0 radical (unpaired) electrons. The summed E-state index contributed by atoms with van der Waals surface area (Å²) in [6.07, 6.45) is 0.410. The lowest BCUT2D eigenvalue weighted by Gasteiger charge is -2.13. The molecule has 0 fully saturated rings.